The second-order valence-electron chi connectivity index (χ2n) is 6.06. The second-order valence-corrected chi connectivity index (χ2v) is 7.54. The Labute approximate surface area is 117 Å². The second kappa shape index (κ2) is 7.16. The monoisotopic (exact) mass is 271 g/mol. The third kappa shape index (κ3) is 3.88. The Balaban J connectivity index is 1.87. The van der Waals surface area contributed by atoms with Crippen LogP contribution in [0.4, 0.5) is 0 Å². The van der Waals surface area contributed by atoms with E-state index in [-0.39, 0.29) is 0 Å². The van der Waals surface area contributed by atoms with Gasteiger partial charge in [0, 0.05) is 23.1 Å². The molecule has 1 saturated heterocycles. The summed E-state index contributed by atoms with van der Waals surface area (Å²) in [6, 6.07) is 0.735. The maximum atomic E-state index is 5.71. The molecule has 5 atom stereocenters. The first kappa shape index (κ1) is 14.7. The van der Waals surface area contributed by atoms with Crippen LogP contribution in [0.2, 0.25) is 0 Å². The van der Waals surface area contributed by atoms with Crippen LogP contribution in [0.1, 0.15) is 52.9 Å². The van der Waals surface area contributed by atoms with E-state index in [0.717, 1.165) is 29.1 Å². The number of thioether (sulfide) groups is 1. The minimum Gasteiger partial charge on any atom is -0.377 e. The zero-order valence-electron chi connectivity index (χ0n) is 12.2. The van der Waals surface area contributed by atoms with Gasteiger partial charge >= 0.3 is 0 Å². The molecule has 2 fully saturated rings. The Morgan fingerprint density at radius 3 is 2.67 bits per heavy atom. The molecule has 5 unspecified atom stereocenters. The molecule has 0 aromatic rings. The first-order valence-electron chi connectivity index (χ1n) is 7.71. The van der Waals surface area contributed by atoms with E-state index in [2.05, 4.69) is 37.8 Å². The molecule has 0 amide bonds. The highest BCUT2D eigenvalue weighted by atomic mass is 32.2. The number of nitrogens with one attached hydrogen (secondary N) is 1. The minimum atomic E-state index is 0.457. The smallest absolute Gasteiger partial charge is 0.0666 e. The van der Waals surface area contributed by atoms with Crippen LogP contribution in [0.15, 0.2) is 0 Å². The third-order valence-electron chi connectivity index (χ3n) is 4.37. The van der Waals surface area contributed by atoms with Crippen molar-refractivity contribution >= 4 is 11.8 Å². The SMILES string of the molecule is CCCNC1CCC(C)CC1SC1CCOC1C. The van der Waals surface area contributed by atoms with E-state index >= 15 is 0 Å². The van der Waals surface area contributed by atoms with Crippen LogP contribution in [0.3, 0.4) is 0 Å². The first-order valence-corrected chi connectivity index (χ1v) is 8.65. The standard InChI is InChI=1S/C15H29NOS/c1-4-8-16-13-6-5-11(2)10-15(13)18-14-7-9-17-12(14)3/h11-16H,4-10H2,1-3H3. The highest BCUT2D eigenvalue weighted by molar-refractivity contribution is 8.00. The predicted octanol–water partition coefficient (Wildman–Crippen LogP) is 3.45. The van der Waals surface area contributed by atoms with Crippen molar-refractivity contribution < 1.29 is 4.74 Å². The fraction of sp³-hybridized carbons (Fsp3) is 1.00. The van der Waals surface area contributed by atoms with Crippen LogP contribution >= 0.6 is 11.8 Å². The van der Waals surface area contributed by atoms with Crippen molar-refractivity contribution in [3.8, 4) is 0 Å². The van der Waals surface area contributed by atoms with Crippen LogP contribution in [0, 0.1) is 5.92 Å². The van der Waals surface area contributed by atoms with E-state index in [1.165, 1.54) is 38.6 Å². The Hall–Kier alpha value is 0.270. The molecule has 0 aromatic heterocycles. The summed E-state index contributed by atoms with van der Waals surface area (Å²) in [7, 11) is 0. The lowest BCUT2D eigenvalue weighted by Gasteiger charge is -2.37. The number of hydrogen-bond donors (Lipinski definition) is 1. The van der Waals surface area contributed by atoms with Crippen molar-refractivity contribution in [3.63, 3.8) is 0 Å². The van der Waals surface area contributed by atoms with Gasteiger partial charge in [-0.25, -0.2) is 0 Å². The number of hydrogen-bond acceptors (Lipinski definition) is 3. The average molecular weight is 271 g/mol. The van der Waals surface area contributed by atoms with Gasteiger partial charge in [-0.05, 0) is 51.5 Å². The van der Waals surface area contributed by atoms with E-state index in [9.17, 15) is 0 Å². The summed E-state index contributed by atoms with van der Waals surface area (Å²) in [6.07, 6.45) is 7.09. The van der Waals surface area contributed by atoms with Gasteiger partial charge in [0.1, 0.15) is 0 Å². The van der Waals surface area contributed by atoms with Crippen LogP contribution < -0.4 is 5.32 Å². The fourth-order valence-electron chi connectivity index (χ4n) is 3.16. The molecule has 1 N–H and O–H groups in total. The summed E-state index contributed by atoms with van der Waals surface area (Å²) < 4.78 is 5.71. The third-order valence-corrected chi connectivity index (χ3v) is 6.21. The lowest BCUT2D eigenvalue weighted by molar-refractivity contribution is 0.127. The van der Waals surface area contributed by atoms with Crippen LogP contribution in [0.5, 0.6) is 0 Å². The van der Waals surface area contributed by atoms with Crippen molar-refractivity contribution in [1.29, 1.82) is 0 Å². The number of ether oxygens (including phenoxy) is 1. The molecule has 3 heteroatoms. The van der Waals surface area contributed by atoms with Crippen molar-refractivity contribution in [3.05, 3.63) is 0 Å². The van der Waals surface area contributed by atoms with Gasteiger partial charge in [-0.3, -0.25) is 0 Å². The molecule has 0 spiro atoms. The zero-order chi connectivity index (χ0) is 13.0. The van der Waals surface area contributed by atoms with Crippen LogP contribution in [-0.2, 0) is 4.74 Å². The fourth-order valence-corrected chi connectivity index (χ4v) is 5.00. The minimum absolute atomic E-state index is 0.457. The molecule has 1 heterocycles. The Kier molecular flexibility index (Phi) is 5.84. The van der Waals surface area contributed by atoms with Gasteiger partial charge in [-0.1, -0.05) is 13.8 Å². The lowest BCUT2D eigenvalue weighted by Crippen LogP contribution is -2.43. The topological polar surface area (TPSA) is 21.3 Å². The molecular weight excluding hydrogens is 242 g/mol. The first-order chi connectivity index (χ1) is 8.70. The van der Waals surface area contributed by atoms with Gasteiger partial charge < -0.3 is 10.1 Å². The summed E-state index contributed by atoms with van der Waals surface area (Å²) in [5.74, 6) is 0.903. The van der Waals surface area contributed by atoms with Crippen molar-refractivity contribution in [1.82, 2.24) is 5.32 Å². The normalized spacial score (nSPS) is 41.2. The predicted molar refractivity (Wildman–Crippen MR) is 80.3 cm³/mol. The molecule has 18 heavy (non-hydrogen) atoms. The van der Waals surface area contributed by atoms with E-state index in [4.69, 9.17) is 4.74 Å². The van der Waals surface area contributed by atoms with E-state index in [1.807, 2.05) is 0 Å². The van der Waals surface area contributed by atoms with Gasteiger partial charge in [0.25, 0.3) is 0 Å². The van der Waals surface area contributed by atoms with Gasteiger partial charge in [-0.15, -0.1) is 0 Å². The summed E-state index contributed by atoms with van der Waals surface area (Å²) in [5.41, 5.74) is 0. The van der Waals surface area contributed by atoms with Crippen molar-refractivity contribution in [2.45, 2.75) is 75.5 Å². The molecule has 2 aliphatic rings. The Morgan fingerprint density at radius 2 is 2.00 bits per heavy atom. The zero-order valence-corrected chi connectivity index (χ0v) is 13.0. The van der Waals surface area contributed by atoms with Crippen molar-refractivity contribution in [2.75, 3.05) is 13.2 Å². The largest absolute Gasteiger partial charge is 0.377 e. The quantitative estimate of drug-likeness (QED) is 0.827. The molecule has 0 aromatic carbocycles. The molecule has 0 bridgehead atoms. The van der Waals surface area contributed by atoms with Gasteiger partial charge in [0.05, 0.1) is 6.10 Å². The van der Waals surface area contributed by atoms with E-state index < -0.39 is 0 Å². The van der Waals surface area contributed by atoms with Crippen LogP contribution in [0.25, 0.3) is 0 Å². The number of rotatable bonds is 5. The molecule has 2 nitrogen and oxygen atoms in total. The van der Waals surface area contributed by atoms with Gasteiger partial charge in [0.2, 0.25) is 0 Å². The Morgan fingerprint density at radius 1 is 1.17 bits per heavy atom. The maximum Gasteiger partial charge on any atom is 0.0666 e. The lowest BCUT2D eigenvalue weighted by atomic mass is 9.87. The highest BCUT2D eigenvalue weighted by Crippen LogP contribution is 2.38. The molecule has 2 rings (SSSR count). The Bertz CT molecular complexity index is 247. The molecule has 106 valence electrons. The molecule has 1 saturated carbocycles. The van der Waals surface area contributed by atoms with Crippen LogP contribution in [-0.4, -0.2) is 35.8 Å². The van der Waals surface area contributed by atoms with Gasteiger partial charge in [-0.2, -0.15) is 11.8 Å². The molecule has 1 aliphatic heterocycles. The van der Waals surface area contributed by atoms with Gasteiger partial charge in [0.15, 0.2) is 0 Å². The van der Waals surface area contributed by atoms with Crippen molar-refractivity contribution in [2.24, 2.45) is 5.92 Å². The summed E-state index contributed by atoms with van der Waals surface area (Å²) in [5, 5.41) is 5.30. The summed E-state index contributed by atoms with van der Waals surface area (Å²) in [6.45, 7) is 9.05. The molecule has 1 aliphatic carbocycles. The summed E-state index contributed by atoms with van der Waals surface area (Å²) >= 11 is 2.21. The van der Waals surface area contributed by atoms with E-state index in [0.29, 0.717) is 6.10 Å². The van der Waals surface area contributed by atoms with E-state index in [1.54, 1.807) is 0 Å². The summed E-state index contributed by atoms with van der Waals surface area (Å²) in [4.78, 5) is 0. The molecular formula is C15H29NOS. The highest BCUT2D eigenvalue weighted by Gasteiger charge is 2.34. The average Bonchev–Trinajstić information content (AvgIpc) is 2.74. The maximum absolute atomic E-state index is 5.71. The molecule has 0 radical (unpaired) electrons.